The summed E-state index contributed by atoms with van der Waals surface area (Å²) in [5, 5.41) is 12.4. The average molecular weight is 271 g/mol. The second kappa shape index (κ2) is 6.50. The number of hydrogen-bond donors (Lipinski definition) is 2. The molecule has 1 aromatic heterocycles. The first kappa shape index (κ1) is 14.5. The van der Waals surface area contributed by atoms with E-state index in [-0.39, 0.29) is 6.61 Å². The number of nitrogens with one attached hydrogen (secondary N) is 1. The van der Waals surface area contributed by atoms with E-state index >= 15 is 0 Å². The van der Waals surface area contributed by atoms with Gasteiger partial charge in [0, 0.05) is 38.1 Å². The van der Waals surface area contributed by atoms with Crippen LogP contribution in [0.4, 0.5) is 5.69 Å². The van der Waals surface area contributed by atoms with Gasteiger partial charge in [0.1, 0.15) is 0 Å². The number of benzene rings is 1. The maximum atomic E-state index is 9.22. The highest BCUT2D eigenvalue weighted by atomic mass is 16.3. The number of aromatic nitrogens is 1. The lowest BCUT2D eigenvalue weighted by molar-refractivity contribution is 0.282. The molecule has 0 fully saturated rings. The molecule has 0 bridgehead atoms. The number of anilines is 1. The molecule has 4 heteroatoms. The van der Waals surface area contributed by atoms with Crippen molar-refractivity contribution in [1.29, 1.82) is 0 Å². The molecule has 2 aromatic rings. The Balaban J connectivity index is 2.44. The van der Waals surface area contributed by atoms with Crippen molar-refractivity contribution in [3.05, 3.63) is 47.7 Å². The first-order valence-corrected chi connectivity index (χ1v) is 6.66. The maximum absolute atomic E-state index is 9.22. The Morgan fingerprint density at radius 3 is 2.65 bits per heavy atom. The average Bonchev–Trinajstić information content (AvgIpc) is 2.47. The van der Waals surface area contributed by atoms with Crippen LogP contribution in [0.15, 0.2) is 36.5 Å². The summed E-state index contributed by atoms with van der Waals surface area (Å²) in [6, 6.07) is 10.1. The number of pyridine rings is 1. The number of aliphatic hydroxyl groups is 1. The van der Waals surface area contributed by atoms with Crippen molar-refractivity contribution in [3.8, 4) is 11.3 Å². The number of aliphatic hydroxyl groups excluding tert-OH is 1. The molecule has 1 heterocycles. The van der Waals surface area contributed by atoms with E-state index in [0.29, 0.717) is 0 Å². The van der Waals surface area contributed by atoms with Gasteiger partial charge in [0.25, 0.3) is 0 Å². The van der Waals surface area contributed by atoms with Crippen molar-refractivity contribution in [2.24, 2.45) is 0 Å². The fourth-order valence-electron chi connectivity index (χ4n) is 2.24. The molecule has 0 aliphatic carbocycles. The van der Waals surface area contributed by atoms with Crippen LogP contribution in [-0.2, 0) is 13.2 Å². The molecule has 0 amide bonds. The molecule has 0 aliphatic rings. The van der Waals surface area contributed by atoms with Gasteiger partial charge in [-0.05, 0) is 42.4 Å². The van der Waals surface area contributed by atoms with Crippen LogP contribution in [0.5, 0.6) is 0 Å². The second-order valence-corrected chi connectivity index (χ2v) is 4.98. The van der Waals surface area contributed by atoms with E-state index in [1.54, 1.807) is 6.20 Å². The number of nitrogens with zero attached hydrogens (tertiary/aromatic N) is 2. The fraction of sp³-hybridized carbons (Fsp3) is 0.312. The summed E-state index contributed by atoms with van der Waals surface area (Å²) >= 11 is 0. The van der Waals surface area contributed by atoms with E-state index in [1.165, 1.54) is 11.3 Å². The monoisotopic (exact) mass is 271 g/mol. The summed E-state index contributed by atoms with van der Waals surface area (Å²) in [6.45, 7) is 0.843. The van der Waals surface area contributed by atoms with Crippen molar-refractivity contribution < 1.29 is 5.11 Å². The van der Waals surface area contributed by atoms with E-state index in [1.807, 2.05) is 33.3 Å². The molecule has 0 spiro atoms. The van der Waals surface area contributed by atoms with Crippen LogP contribution in [0.3, 0.4) is 0 Å². The van der Waals surface area contributed by atoms with Crippen LogP contribution < -0.4 is 10.2 Å². The van der Waals surface area contributed by atoms with Crippen molar-refractivity contribution in [3.63, 3.8) is 0 Å². The third kappa shape index (κ3) is 3.15. The largest absolute Gasteiger partial charge is 0.392 e. The van der Waals surface area contributed by atoms with E-state index in [0.717, 1.165) is 23.4 Å². The van der Waals surface area contributed by atoms with Crippen molar-refractivity contribution in [1.82, 2.24) is 10.3 Å². The summed E-state index contributed by atoms with van der Waals surface area (Å²) in [4.78, 5) is 6.49. The third-order valence-corrected chi connectivity index (χ3v) is 3.23. The molecular weight excluding hydrogens is 250 g/mol. The minimum absolute atomic E-state index is 0.0364. The number of hydrogen-bond acceptors (Lipinski definition) is 4. The lowest BCUT2D eigenvalue weighted by atomic mass is 10.0. The van der Waals surface area contributed by atoms with Gasteiger partial charge < -0.3 is 15.3 Å². The summed E-state index contributed by atoms with van der Waals surface area (Å²) in [6.07, 6.45) is 1.73. The van der Waals surface area contributed by atoms with Gasteiger partial charge in [-0.2, -0.15) is 0 Å². The standard InChI is InChI=1S/C16H21N3O/c1-17-10-14-9-13(4-5-16(14)19(2)3)15-8-12(11-20)6-7-18-15/h4-9,17,20H,10-11H2,1-3H3. The normalized spacial score (nSPS) is 10.6. The Morgan fingerprint density at radius 1 is 1.20 bits per heavy atom. The van der Waals surface area contributed by atoms with Crippen LogP contribution in [0, 0.1) is 0 Å². The zero-order valence-electron chi connectivity index (χ0n) is 12.2. The van der Waals surface area contributed by atoms with E-state index < -0.39 is 0 Å². The first-order valence-electron chi connectivity index (χ1n) is 6.66. The fourth-order valence-corrected chi connectivity index (χ4v) is 2.24. The maximum Gasteiger partial charge on any atom is 0.0705 e. The molecule has 0 radical (unpaired) electrons. The van der Waals surface area contributed by atoms with Crippen LogP contribution >= 0.6 is 0 Å². The predicted molar refractivity (Wildman–Crippen MR) is 82.7 cm³/mol. The lowest BCUT2D eigenvalue weighted by Gasteiger charge is -2.18. The summed E-state index contributed by atoms with van der Waals surface area (Å²) in [7, 11) is 6.02. The van der Waals surface area contributed by atoms with Crippen LogP contribution in [0.1, 0.15) is 11.1 Å². The van der Waals surface area contributed by atoms with Crippen molar-refractivity contribution in [2.75, 3.05) is 26.0 Å². The molecule has 106 valence electrons. The van der Waals surface area contributed by atoms with Crippen LogP contribution in [-0.4, -0.2) is 31.2 Å². The lowest BCUT2D eigenvalue weighted by Crippen LogP contribution is -2.14. The number of rotatable bonds is 5. The minimum atomic E-state index is 0.0364. The highest BCUT2D eigenvalue weighted by molar-refractivity contribution is 5.66. The van der Waals surface area contributed by atoms with Gasteiger partial charge in [0.2, 0.25) is 0 Å². The molecule has 4 nitrogen and oxygen atoms in total. The summed E-state index contributed by atoms with van der Waals surface area (Å²) < 4.78 is 0. The Kier molecular flexibility index (Phi) is 4.71. The molecule has 20 heavy (non-hydrogen) atoms. The first-order chi connectivity index (χ1) is 9.65. The minimum Gasteiger partial charge on any atom is -0.392 e. The van der Waals surface area contributed by atoms with Gasteiger partial charge in [-0.15, -0.1) is 0 Å². The molecule has 0 atom stereocenters. The Bertz CT molecular complexity index is 582. The smallest absolute Gasteiger partial charge is 0.0705 e. The van der Waals surface area contributed by atoms with Crippen LogP contribution in [0.2, 0.25) is 0 Å². The zero-order chi connectivity index (χ0) is 14.5. The molecule has 0 aliphatic heterocycles. The molecule has 0 saturated heterocycles. The quantitative estimate of drug-likeness (QED) is 0.873. The molecule has 2 rings (SSSR count). The Morgan fingerprint density at radius 2 is 2.00 bits per heavy atom. The topological polar surface area (TPSA) is 48.4 Å². The van der Waals surface area contributed by atoms with Gasteiger partial charge in [-0.1, -0.05) is 6.07 Å². The van der Waals surface area contributed by atoms with Crippen LogP contribution in [0.25, 0.3) is 11.3 Å². The molecule has 0 unspecified atom stereocenters. The highest BCUT2D eigenvalue weighted by Gasteiger charge is 2.08. The molecule has 0 saturated carbocycles. The molecule has 1 aromatic carbocycles. The van der Waals surface area contributed by atoms with Crippen molar-refractivity contribution >= 4 is 5.69 Å². The van der Waals surface area contributed by atoms with Gasteiger partial charge in [0.15, 0.2) is 0 Å². The molecule has 2 N–H and O–H groups in total. The van der Waals surface area contributed by atoms with E-state index in [9.17, 15) is 5.11 Å². The van der Waals surface area contributed by atoms with Gasteiger partial charge in [-0.25, -0.2) is 0 Å². The van der Waals surface area contributed by atoms with Crippen molar-refractivity contribution in [2.45, 2.75) is 13.2 Å². The van der Waals surface area contributed by atoms with Gasteiger partial charge >= 0.3 is 0 Å². The molecular formula is C16H21N3O. The third-order valence-electron chi connectivity index (χ3n) is 3.23. The van der Waals surface area contributed by atoms with Gasteiger partial charge in [-0.3, -0.25) is 4.98 Å². The Labute approximate surface area is 120 Å². The summed E-state index contributed by atoms with van der Waals surface area (Å²) in [5.74, 6) is 0. The SMILES string of the molecule is CNCc1cc(-c2cc(CO)ccn2)ccc1N(C)C. The zero-order valence-corrected chi connectivity index (χ0v) is 12.2. The summed E-state index contributed by atoms with van der Waals surface area (Å²) in [5.41, 5.74) is 5.25. The van der Waals surface area contributed by atoms with E-state index in [2.05, 4.69) is 33.4 Å². The predicted octanol–water partition coefficient (Wildman–Crippen LogP) is 2.03. The van der Waals surface area contributed by atoms with Gasteiger partial charge in [0.05, 0.1) is 12.3 Å². The Hall–Kier alpha value is -1.91. The highest BCUT2D eigenvalue weighted by Crippen LogP contribution is 2.26. The van der Waals surface area contributed by atoms with E-state index in [4.69, 9.17) is 0 Å². The second-order valence-electron chi connectivity index (χ2n) is 4.98.